The van der Waals surface area contributed by atoms with Gasteiger partial charge >= 0.3 is 0 Å². The molecule has 1 aromatic carbocycles. The summed E-state index contributed by atoms with van der Waals surface area (Å²) in [4.78, 5) is 0. The Balaban J connectivity index is 3.04. The predicted molar refractivity (Wildman–Crippen MR) is 49.8 cm³/mol. The number of aryl methyl sites for hydroxylation is 1. The van der Waals surface area contributed by atoms with E-state index in [9.17, 15) is 4.39 Å². The summed E-state index contributed by atoms with van der Waals surface area (Å²) in [5.74, 6) is 0.250. The minimum atomic E-state index is -0.0741. The lowest BCUT2D eigenvalue weighted by atomic mass is 9.97. The summed E-state index contributed by atoms with van der Waals surface area (Å²) in [6.45, 7) is 6.12. The fourth-order valence-electron chi connectivity index (χ4n) is 1.26. The Bertz CT molecular complexity index is 266. The van der Waals surface area contributed by atoms with E-state index in [1.807, 2.05) is 13.0 Å². The van der Waals surface area contributed by atoms with Crippen LogP contribution in [0.1, 0.15) is 37.3 Å². The minimum Gasteiger partial charge on any atom is -0.207 e. The van der Waals surface area contributed by atoms with E-state index in [1.165, 1.54) is 0 Å². The van der Waals surface area contributed by atoms with Gasteiger partial charge in [0.25, 0.3) is 0 Å². The fourth-order valence-corrected chi connectivity index (χ4v) is 1.26. The van der Waals surface area contributed by atoms with Crippen LogP contribution >= 0.6 is 0 Å². The number of hydrogen-bond donors (Lipinski definition) is 0. The third kappa shape index (κ3) is 1.84. The van der Waals surface area contributed by atoms with Gasteiger partial charge in [-0.1, -0.05) is 31.5 Å². The van der Waals surface area contributed by atoms with Gasteiger partial charge in [-0.15, -0.1) is 0 Å². The second-order valence-electron chi connectivity index (χ2n) is 3.33. The van der Waals surface area contributed by atoms with E-state index < -0.39 is 0 Å². The Hall–Kier alpha value is -0.850. The smallest absolute Gasteiger partial charge is 0.126 e. The lowest BCUT2D eigenvalue weighted by molar-refractivity contribution is 0.583. The first-order valence-electron chi connectivity index (χ1n) is 4.41. The maximum atomic E-state index is 13.2. The van der Waals surface area contributed by atoms with Gasteiger partial charge in [0.2, 0.25) is 0 Å². The van der Waals surface area contributed by atoms with Gasteiger partial charge < -0.3 is 0 Å². The molecule has 66 valence electrons. The van der Waals surface area contributed by atoms with Crippen LogP contribution in [0.4, 0.5) is 4.39 Å². The minimum absolute atomic E-state index is 0.0741. The predicted octanol–water partition coefficient (Wildman–Crippen LogP) is 3.65. The van der Waals surface area contributed by atoms with Crippen molar-refractivity contribution < 1.29 is 4.39 Å². The summed E-state index contributed by atoms with van der Waals surface area (Å²) >= 11 is 0. The topological polar surface area (TPSA) is 0 Å². The fraction of sp³-hybridized carbons (Fsp3) is 0.455. The molecule has 1 heteroatoms. The molecule has 0 aliphatic carbocycles. The van der Waals surface area contributed by atoms with Crippen molar-refractivity contribution in [1.82, 2.24) is 0 Å². The lowest BCUT2D eigenvalue weighted by Gasteiger charge is -2.10. The van der Waals surface area contributed by atoms with Gasteiger partial charge in [0.05, 0.1) is 0 Å². The molecule has 0 aromatic heterocycles. The van der Waals surface area contributed by atoms with Gasteiger partial charge in [0, 0.05) is 0 Å². The van der Waals surface area contributed by atoms with Crippen LogP contribution in [-0.2, 0) is 0 Å². The zero-order valence-corrected chi connectivity index (χ0v) is 7.89. The van der Waals surface area contributed by atoms with Crippen molar-refractivity contribution in [3.8, 4) is 0 Å². The van der Waals surface area contributed by atoms with E-state index in [0.717, 1.165) is 17.5 Å². The second kappa shape index (κ2) is 3.70. The number of benzene rings is 1. The van der Waals surface area contributed by atoms with E-state index in [1.54, 1.807) is 12.1 Å². The van der Waals surface area contributed by atoms with E-state index in [2.05, 4.69) is 13.8 Å². The first-order valence-corrected chi connectivity index (χ1v) is 4.41. The highest BCUT2D eigenvalue weighted by atomic mass is 19.1. The Morgan fingerprint density at radius 2 is 2.08 bits per heavy atom. The molecule has 1 rings (SSSR count). The lowest BCUT2D eigenvalue weighted by Crippen LogP contribution is -1.96. The Labute approximate surface area is 73.4 Å². The highest BCUT2D eigenvalue weighted by Gasteiger charge is 2.08. The molecule has 0 fully saturated rings. The van der Waals surface area contributed by atoms with Crippen LogP contribution in [0.15, 0.2) is 18.2 Å². The maximum Gasteiger partial charge on any atom is 0.126 e. The van der Waals surface area contributed by atoms with E-state index >= 15 is 0 Å². The molecule has 0 saturated heterocycles. The molecule has 0 aliphatic rings. The summed E-state index contributed by atoms with van der Waals surface area (Å²) in [6, 6.07) is 5.29. The van der Waals surface area contributed by atoms with Crippen LogP contribution < -0.4 is 0 Å². The molecule has 0 radical (unpaired) electrons. The summed E-state index contributed by atoms with van der Waals surface area (Å²) in [6.07, 6.45) is 0.986. The van der Waals surface area contributed by atoms with E-state index in [0.29, 0.717) is 5.92 Å². The van der Waals surface area contributed by atoms with Crippen molar-refractivity contribution in [3.63, 3.8) is 0 Å². The summed E-state index contributed by atoms with van der Waals surface area (Å²) in [5.41, 5.74) is 1.98. The van der Waals surface area contributed by atoms with Crippen LogP contribution in [-0.4, -0.2) is 0 Å². The van der Waals surface area contributed by atoms with Crippen molar-refractivity contribution in [1.29, 1.82) is 0 Å². The molecule has 1 aromatic rings. The SMILES string of the molecule is CCC(C)c1cc(C)ccc1F. The average Bonchev–Trinajstić information content (AvgIpc) is 2.08. The van der Waals surface area contributed by atoms with Gasteiger partial charge in [0.15, 0.2) is 0 Å². The highest BCUT2D eigenvalue weighted by molar-refractivity contribution is 5.26. The maximum absolute atomic E-state index is 13.2. The summed E-state index contributed by atoms with van der Waals surface area (Å²) < 4.78 is 13.2. The molecule has 0 heterocycles. The van der Waals surface area contributed by atoms with E-state index in [-0.39, 0.29) is 5.82 Å². The third-order valence-electron chi connectivity index (χ3n) is 2.29. The van der Waals surface area contributed by atoms with Crippen LogP contribution in [0, 0.1) is 12.7 Å². The van der Waals surface area contributed by atoms with Crippen LogP contribution in [0.25, 0.3) is 0 Å². The Kier molecular flexibility index (Phi) is 2.85. The summed E-state index contributed by atoms with van der Waals surface area (Å²) in [5, 5.41) is 0. The van der Waals surface area contributed by atoms with Crippen molar-refractivity contribution in [2.24, 2.45) is 0 Å². The van der Waals surface area contributed by atoms with E-state index in [4.69, 9.17) is 0 Å². The molecule has 0 bridgehead atoms. The van der Waals surface area contributed by atoms with Gasteiger partial charge in [-0.25, -0.2) is 4.39 Å². The zero-order valence-electron chi connectivity index (χ0n) is 7.89. The molecule has 0 saturated carbocycles. The Morgan fingerprint density at radius 3 is 2.67 bits per heavy atom. The van der Waals surface area contributed by atoms with Crippen molar-refractivity contribution >= 4 is 0 Å². The average molecular weight is 166 g/mol. The van der Waals surface area contributed by atoms with Gasteiger partial charge in [-0.05, 0) is 30.9 Å². The van der Waals surface area contributed by atoms with Crippen molar-refractivity contribution in [3.05, 3.63) is 35.1 Å². The largest absolute Gasteiger partial charge is 0.207 e. The van der Waals surface area contributed by atoms with Gasteiger partial charge in [0.1, 0.15) is 5.82 Å². The first kappa shape index (κ1) is 9.24. The molecular formula is C11H15F. The van der Waals surface area contributed by atoms with Crippen LogP contribution in [0.2, 0.25) is 0 Å². The Morgan fingerprint density at radius 1 is 1.42 bits per heavy atom. The number of rotatable bonds is 2. The van der Waals surface area contributed by atoms with Gasteiger partial charge in [-0.3, -0.25) is 0 Å². The number of halogens is 1. The third-order valence-corrected chi connectivity index (χ3v) is 2.29. The molecule has 0 aliphatic heterocycles. The molecule has 0 N–H and O–H groups in total. The van der Waals surface area contributed by atoms with Crippen molar-refractivity contribution in [2.75, 3.05) is 0 Å². The zero-order chi connectivity index (χ0) is 9.14. The molecular weight excluding hydrogens is 151 g/mol. The van der Waals surface area contributed by atoms with Crippen molar-refractivity contribution in [2.45, 2.75) is 33.1 Å². The second-order valence-corrected chi connectivity index (χ2v) is 3.33. The van der Waals surface area contributed by atoms with Crippen LogP contribution in [0.5, 0.6) is 0 Å². The monoisotopic (exact) mass is 166 g/mol. The molecule has 1 atom stereocenters. The molecule has 1 unspecified atom stereocenters. The standard InChI is InChI=1S/C11H15F/c1-4-9(3)10-7-8(2)5-6-11(10)12/h5-7,9H,4H2,1-3H3. The molecule has 0 nitrogen and oxygen atoms in total. The molecule has 0 amide bonds. The normalized spacial score (nSPS) is 13.0. The molecule has 0 spiro atoms. The summed E-state index contributed by atoms with van der Waals surface area (Å²) in [7, 11) is 0. The first-order chi connectivity index (χ1) is 5.65. The molecule has 12 heavy (non-hydrogen) atoms. The highest BCUT2D eigenvalue weighted by Crippen LogP contribution is 2.22. The number of hydrogen-bond acceptors (Lipinski definition) is 0. The van der Waals surface area contributed by atoms with Crippen LogP contribution in [0.3, 0.4) is 0 Å². The van der Waals surface area contributed by atoms with Gasteiger partial charge in [-0.2, -0.15) is 0 Å². The quantitative estimate of drug-likeness (QED) is 0.629.